The Morgan fingerprint density at radius 2 is 1.71 bits per heavy atom. The van der Waals surface area contributed by atoms with Gasteiger partial charge >= 0.3 is 5.97 Å². The second-order valence-electron chi connectivity index (χ2n) is 7.06. The lowest BCUT2D eigenvalue weighted by atomic mass is 9.94. The first-order valence-electron chi connectivity index (χ1n) is 9.45. The summed E-state index contributed by atoms with van der Waals surface area (Å²) in [5, 5.41) is 15.8. The maximum Gasteiger partial charge on any atom is 0.303 e. The largest absolute Gasteiger partial charge is 0.481 e. The Balaban J connectivity index is 1.64. The van der Waals surface area contributed by atoms with Crippen molar-refractivity contribution in [2.24, 2.45) is 0 Å². The zero-order valence-electron chi connectivity index (χ0n) is 15.6. The quantitative estimate of drug-likeness (QED) is 0.513. The molecule has 1 heterocycles. The molecule has 1 N–H and O–H groups in total. The summed E-state index contributed by atoms with van der Waals surface area (Å²) in [5.41, 5.74) is 4.67. The Hall–Kier alpha value is -3.40. The van der Waals surface area contributed by atoms with Crippen molar-refractivity contribution in [3.63, 3.8) is 0 Å². The Morgan fingerprint density at radius 3 is 2.50 bits per heavy atom. The fourth-order valence-electron chi connectivity index (χ4n) is 3.58. The Morgan fingerprint density at radius 1 is 0.893 bits per heavy atom. The van der Waals surface area contributed by atoms with Crippen molar-refractivity contribution in [3.8, 4) is 0 Å². The molecule has 0 saturated carbocycles. The normalized spacial score (nSPS) is 11.0. The molecule has 3 aromatic carbocycles. The van der Waals surface area contributed by atoms with Crippen LogP contribution in [0.1, 0.15) is 28.7 Å². The van der Waals surface area contributed by atoms with Crippen molar-refractivity contribution in [2.45, 2.75) is 25.8 Å². The summed E-state index contributed by atoms with van der Waals surface area (Å²) in [4.78, 5) is 11.1. The van der Waals surface area contributed by atoms with E-state index in [1.165, 1.54) is 27.5 Å². The zero-order chi connectivity index (χ0) is 19.3. The van der Waals surface area contributed by atoms with E-state index in [4.69, 9.17) is 5.11 Å². The van der Waals surface area contributed by atoms with Crippen LogP contribution < -0.4 is 0 Å². The number of aliphatic carboxylic acids is 1. The van der Waals surface area contributed by atoms with E-state index in [0.29, 0.717) is 13.0 Å². The minimum absolute atomic E-state index is 0.142. The number of fused-ring (bicyclic) bond motifs is 1. The van der Waals surface area contributed by atoms with Crippen LogP contribution >= 0.6 is 0 Å². The predicted octanol–water partition coefficient (Wildman–Crippen LogP) is 4.69. The highest BCUT2D eigenvalue weighted by Crippen LogP contribution is 2.22. The number of aryl methyl sites for hydroxylation is 1. The molecule has 4 aromatic rings. The molecule has 0 bridgehead atoms. The van der Waals surface area contributed by atoms with Crippen molar-refractivity contribution < 1.29 is 9.90 Å². The van der Waals surface area contributed by atoms with E-state index in [0.717, 1.165) is 12.0 Å². The maximum absolute atomic E-state index is 11.1. The molecule has 0 aliphatic carbocycles. The third kappa shape index (κ3) is 4.29. The summed E-state index contributed by atoms with van der Waals surface area (Å²) in [6.45, 7) is 0.705. The molecule has 0 amide bonds. The van der Waals surface area contributed by atoms with E-state index in [-0.39, 0.29) is 6.42 Å². The summed E-state index contributed by atoms with van der Waals surface area (Å²) in [5.74, 6) is -0.766. The summed E-state index contributed by atoms with van der Waals surface area (Å²) in [6.07, 6.45) is 5.19. The first-order chi connectivity index (χ1) is 13.7. The van der Waals surface area contributed by atoms with E-state index in [1.54, 1.807) is 6.20 Å². The fraction of sp³-hybridized carbons (Fsp3) is 0.167. The van der Waals surface area contributed by atoms with Gasteiger partial charge in [-0.25, -0.2) is 0 Å². The lowest BCUT2D eigenvalue weighted by Crippen LogP contribution is -2.05. The van der Waals surface area contributed by atoms with Crippen molar-refractivity contribution >= 4 is 16.7 Å². The highest BCUT2D eigenvalue weighted by atomic mass is 16.4. The van der Waals surface area contributed by atoms with Gasteiger partial charge in [0.15, 0.2) is 0 Å². The van der Waals surface area contributed by atoms with Gasteiger partial charge in [-0.3, -0.25) is 9.48 Å². The van der Waals surface area contributed by atoms with Crippen molar-refractivity contribution in [2.75, 3.05) is 0 Å². The smallest absolute Gasteiger partial charge is 0.303 e. The first-order valence-corrected chi connectivity index (χ1v) is 9.45. The van der Waals surface area contributed by atoms with Crippen LogP contribution in [0.4, 0.5) is 0 Å². The van der Waals surface area contributed by atoms with E-state index in [9.17, 15) is 4.79 Å². The van der Waals surface area contributed by atoms with Crippen molar-refractivity contribution in [3.05, 3.63) is 101 Å². The van der Waals surface area contributed by atoms with Gasteiger partial charge in [0, 0.05) is 18.8 Å². The Kier molecular flexibility index (Phi) is 5.20. The highest BCUT2D eigenvalue weighted by molar-refractivity contribution is 5.83. The molecule has 4 heteroatoms. The van der Waals surface area contributed by atoms with Crippen LogP contribution in [-0.4, -0.2) is 20.9 Å². The highest BCUT2D eigenvalue weighted by Gasteiger charge is 2.09. The second kappa shape index (κ2) is 8.09. The minimum atomic E-state index is -0.766. The Bertz CT molecular complexity index is 1100. The molecule has 140 valence electrons. The Labute approximate surface area is 164 Å². The van der Waals surface area contributed by atoms with Gasteiger partial charge in [0.05, 0.1) is 6.54 Å². The monoisotopic (exact) mass is 370 g/mol. The molecule has 4 nitrogen and oxygen atoms in total. The summed E-state index contributed by atoms with van der Waals surface area (Å²) < 4.78 is 1.89. The zero-order valence-corrected chi connectivity index (χ0v) is 15.6. The predicted molar refractivity (Wildman–Crippen MR) is 110 cm³/mol. The van der Waals surface area contributed by atoms with Crippen molar-refractivity contribution in [1.82, 2.24) is 9.78 Å². The van der Waals surface area contributed by atoms with Crippen LogP contribution in [0.15, 0.2) is 79.1 Å². The first kappa shape index (κ1) is 18.0. The SMILES string of the molecule is O=C(O)CCc1ccc(Cn2cccn2)cc1Cc1ccc2ccccc2c1. The van der Waals surface area contributed by atoms with Crippen LogP contribution in [-0.2, 0) is 24.2 Å². The standard InChI is InChI=1S/C24H22N2O2/c27-24(28)11-10-21-9-7-19(17-26-13-3-12-25-26)16-23(21)15-18-6-8-20-4-1-2-5-22(20)14-18/h1-9,12-14,16H,10-11,15,17H2,(H,27,28). The van der Waals surface area contributed by atoms with Gasteiger partial charge in [-0.2, -0.15) is 5.10 Å². The molecule has 0 spiro atoms. The summed E-state index contributed by atoms with van der Waals surface area (Å²) in [7, 11) is 0. The molecule has 0 unspecified atom stereocenters. The van der Waals surface area contributed by atoms with Gasteiger partial charge in [0.25, 0.3) is 0 Å². The molecule has 0 radical (unpaired) electrons. The molecule has 28 heavy (non-hydrogen) atoms. The summed E-state index contributed by atoms with van der Waals surface area (Å²) in [6, 6.07) is 23.1. The topological polar surface area (TPSA) is 55.1 Å². The van der Waals surface area contributed by atoms with Crippen LogP contribution in [0.3, 0.4) is 0 Å². The van der Waals surface area contributed by atoms with Gasteiger partial charge in [-0.05, 0) is 51.9 Å². The van der Waals surface area contributed by atoms with E-state index < -0.39 is 5.97 Å². The number of carboxylic acids is 1. The number of nitrogens with zero attached hydrogens (tertiary/aromatic N) is 2. The van der Waals surface area contributed by atoms with Crippen LogP contribution in [0, 0.1) is 0 Å². The van der Waals surface area contributed by atoms with Gasteiger partial charge in [-0.1, -0.05) is 60.7 Å². The third-order valence-electron chi connectivity index (χ3n) is 4.99. The molecular weight excluding hydrogens is 348 g/mol. The molecule has 0 atom stereocenters. The molecule has 4 rings (SSSR count). The number of hydrogen-bond donors (Lipinski definition) is 1. The minimum Gasteiger partial charge on any atom is -0.481 e. The average Bonchev–Trinajstić information content (AvgIpc) is 3.20. The van der Waals surface area contributed by atoms with Crippen LogP contribution in [0.25, 0.3) is 10.8 Å². The number of benzene rings is 3. The molecule has 0 aliphatic rings. The molecule has 0 fully saturated rings. The average molecular weight is 370 g/mol. The number of rotatable bonds is 7. The molecule has 1 aromatic heterocycles. The molecule has 0 saturated heterocycles. The number of hydrogen-bond acceptors (Lipinski definition) is 2. The van der Waals surface area contributed by atoms with Crippen LogP contribution in [0.2, 0.25) is 0 Å². The van der Waals surface area contributed by atoms with Gasteiger partial charge in [-0.15, -0.1) is 0 Å². The second-order valence-corrected chi connectivity index (χ2v) is 7.06. The molecular formula is C24H22N2O2. The molecule has 0 aliphatic heterocycles. The van der Waals surface area contributed by atoms with Gasteiger partial charge in [0.2, 0.25) is 0 Å². The maximum atomic E-state index is 11.1. The van der Waals surface area contributed by atoms with Crippen molar-refractivity contribution in [1.29, 1.82) is 0 Å². The van der Waals surface area contributed by atoms with Crippen LogP contribution in [0.5, 0.6) is 0 Å². The number of carbonyl (C=O) groups is 1. The lowest BCUT2D eigenvalue weighted by molar-refractivity contribution is -0.136. The van der Waals surface area contributed by atoms with E-state index >= 15 is 0 Å². The van der Waals surface area contributed by atoms with Gasteiger partial charge < -0.3 is 5.11 Å². The lowest BCUT2D eigenvalue weighted by Gasteiger charge is -2.13. The fourth-order valence-corrected chi connectivity index (χ4v) is 3.58. The summed E-state index contributed by atoms with van der Waals surface area (Å²) >= 11 is 0. The van der Waals surface area contributed by atoms with Gasteiger partial charge in [0.1, 0.15) is 0 Å². The van der Waals surface area contributed by atoms with E-state index in [1.807, 2.05) is 23.0 Å². The number of carboxylic acid groups (broad SMARTS) is 1. The third-order valence-corrected chi connectivity index (χ3v) is 4.99. The number of aromatic nitrogens is 2. The van der Waals surface area contributed by atoms with E-state index in [2.05, 4.69) is 59.7 Å².